The molecule has 41 heavy (non-hydrogen) atoms. The summed E-state index contributed by atoms with van der Waals surface area (Å²) < 4.78 is 27.1. The Morgan fingerprint density at radius 1 is 1.10 bits per heavy atom. The maximum absolute atomic E-state index is 13.6. The lowest BCUT2D eigenvalue weighted by Gasteiger charge is -2.37. The van der Waals surface area contributed by atoms with Gasteiger partial charge in [0.15, 0.2) is 0 Å². The first kappa shape index (κ1) is 30.4. The van der Waals surface area contributed by atoms with Crippen molar-refractivity contribution in [1.82, 2.24) is 15.1 Å². The second-order valence-corrected chi connectivity index (χ2v) is 10.9. The van der Waals surface area contributed by atoms with E-state index in [-0.39, 0.29) is 45.3 Å². The van der Waals surface area contributed by atoms with Gasteiger partial charge >= 0.3 is 0 Å². The summed E-state index contributed by atoms with van der Waals surface area (Å²) in [6, 6.07) is 10.5. The van der Waals surface area contributed by atoms with Crippen LogP contribution in [0.25, 0.3) is 0 Å². The van der Waals surface area contributed by atoms with Gasteiger partial charge in [-0.05, 0) is 54.8 Å². The third-order valence-electron chi connectivity index (χ3n) is 7.46. The number of likely N-dealkylation sites (tertiary alicyclic amines) is 1. The molecule has 9 nitrogen and oxygen atoms in total. The average Bonchev–Trinajstić information content (AvgIpc) is 3.32. The number of alkyl halides is 2. The molecular weight excluding hydrogens is 556 g/mol. The van der Waals surface area contributed by atoms with Gasteiger partial charge in [0.2, 0.25) is 23.6 Å². The normalized spacial score (nSPS) is 18.4. The fourth-order valence-electron chi connectivity index (χ4n) is 5.14. The molecule has 0 radical (unpaired) electrons. The maximum Gasteiger partial charge on any atom is 0.267 e. The van der Waals surface area contributed by atoms with Crippen LogP contribution in [0.15, 0.2) is 42.5 Å². The van der Waals surface area contributed by atoms with Crippen LogP contribution in [0.1, 0.15) is 42.4 Å². The van der Waals surface area contributed by atoms with E-state index in [4.69, 9.17) is 17.3 Å². The SMILES string of the molecule is Cc1cc(NC(=O)[C@H](CCN)NC(=O)[C@@H]2Cc3ccccc3CN2C(=O)CCC(=O)N2CCC(F)(F)C2)ccc1Cl. The topological polar surface area (TPSA) is 125 Å². The summed E-state index contributed by atoms with van der Waals surface area (Å²) in [6.07, 6.45) is -0.480. The molecule has 0 bridgehead atoms. The van der Waals surface area contributed by atoms with Gasteiger partial charge < -0.3 is 26.2 Å². The minimum absolute atomic E-state index is 0.0532. The molecular formula is C29H34ClF2N5O4. The number of carbonyl (C=O) groups excluding carboxylic acids is 4. The van der Waals surface area contributed by atoms with Crippen molar-refractivity contribution in [2.45, 2.75) is 63.6 Å². The summed E-state index contributed by atoms with van der Waals surface area (Å²) in [5, 5.41) is 6.09. The van der Waals surface area contributed by atoms with Crippen LogP contribution < -0.4 is 16.4 Å². The summed E-state index contributed by atoms with van der Waals surface area (Å²) >= 11 is 6.07. The van der Waals surface area contributed by atoms with Crippen molar-refractivity contribution in [1.29, 1.82) is 0 Å². The van der Waals surface area contributed by atoms with Gasteiger partial charge in [-0.15, -0.1) is 0 Å². The van der Waals surface area contributed by atoms with E-state index in [0.29, 0.717) is 10.7 Å². The van der Waals surface area contributed by atoms with E-state index in [1.807, 2.05) is 24.3 Å². The zero-order chi connectivity index (χ0) is 29.7. The lowest BCUT2D eigenvalue weighted by atomic mass is 9.92. The van der Waals surface area contributed by atoms with Gasteiger partial charge in [0.05, 0.1) is 6.54 Å². The van der Waals surface area contributed by atoms with Crippen LogP contribution in [0.2, 0.25) is 5.02 Å². The van der Waals surface area contributed by atoms with Crippen molar-refractivity contribution < 1.29 is 28.0 Å². The molecule has 4 amide bonds. The molecule has 0 saturated carbocycles. The second kappa shape index (κ2) is 12.9. The zero-order valence-electron chi connectivity index (χ0n) is 22.8. The molecule has 2 aliphatic rings. The van der Waals surface area contributed by atoms with Crippen molar-refractivity contribution in [2.75, 3.05) is 25.0 Å². The van der Waals surface area contributed by atoms with Crippen LogP contribution in [0.3, 0.4) is 0 Å². The molecule has 2 aromatic carbocycles. The molecule has 0 spiro atoms. The van der Waals surface area contributed by atoms with Crippen molar-refractivity contribution in [3.05, 3.63) is 64.2 Å². The minimum atomic E-state index is -2.92. The van der Waals surface area contributed by atoms with Crippen LogP contribution in [-0.4, -0.2) is 71.1 Å². The number of carbonyl (C=O) groups is 4. The van der Waals surface area contributed by atoms with E-state index in [1.165, 1.54) is 4.90 Å². The van der Waals surface area contributed by atoms with Gasteiger partial charge in [-0.25, -0.2) is 8.78 Å². The molecule has 4 rings (SSSR count). The number of rotatable bonds is 9. The summed E-state index contributed by atoms with van der Waals surface area (Å²) in [6.45, 7) is 1.37. The Kier molecular flexibility index (Phi) is 9.60. The molecule has 2 aromatic rings. The summed E-state index contributed by atoms with van der Waals surface area (Å²) in [7, 11) is 0. The first-order valence-electron chi connectivity index (χ1n) is 13.6. The van der Waals surface area contributed by atoms with Gasteiger partial charge in [0.1, 0.15) is 12.1 Å². The second-order valence-electron chi connectivity index (χ2n) is 10.5. The quantitative estimate of drug-likeness (QED) is 0.415. The third kappa shape index (κ3) is 7.59. The molecule has 1 saturated heterocycles. The smallest absolute Gasteiger partial charge is 0.267 e. The Bertz CT molecular complexity index is 1320. The predicted octanol–water partition coefficient (Wildman–Crippen LogP) is 3.02. The van der Waals surface area contributed by atoms with Gasteiger partial charge in [0, 0.05) is 49.5 Å². The predicted molar refractivity (Wildman–Crippen MR) is 150 cm³/mol. The molecule has 4 N–H and O–H groups in total. The first-order valence-corrected chi connectivity index (χ1v) is 13.9. The van der Waals surface area contributed by atoms with Gasteiger partial charge in [-0.1, -0.05) is 35.9 Å². The number of nitrogens with two attached hydrogens (primary N) is 1. The van der Waals surface area contributed by atoms with E-state index < -0.39 is 54.6 Å². The highest BCUT2D eigenvalue weighted by atomic mass is 35.5. The number of fused-ring (bicyclic) bond motifs is 1. The summed E-state index contributed by atoms with van der Waals surface area (Å²) in [5.41, 5.74) is 8.78. The number of hydrogen-bond acceptors (Lipinski definition) is 5. The number of nitrogens with zero attached hydrogens (tertiary/aromatic N) is 2. The molecule has 2 aliphatic heterocycles. The minimum Gasteiger partial charge on any atom is -0.342 e. The molecule has 1 fully saturated rings. The largest absolute Gasteiger partial charge is 0.342 e. The molecule has 12 heteroatoms. The van der Waals surface area contributed by atoms with E-state index in [9.17, 15) is 28.0 Å². The van der Waals surface area contributed by atoms with Crippen LogP contribution in [0, 0.1) is 6.92 Å². The molecule has 2 heterocycles. The van der Waals surface area contributed by atoms with Crippen LogP contribution in [0.5, 0.6) is 0 Å². The average molecular weight is 590 g/mol. The lowest BCUT2D eigenvalue weighted by Crippen LogP contribution is -2.56. The standard InChI is InChI=1S/C29H34ClF2N5O4/c1-18-14-21(6-7-22(18)30)34-27(40)23(10-12-33)35-28(41)24-15-19-4-2-3-5-20(19)16-37(24)26(39)9-8-25(38)36-13-11-29(31,32)17-36/h2-7,14,23-24H,8-13,15-17,33H2,1H3,(H,34,40)(H,35,41)/t23-,24-/m0/s1. The highest BCUT2D eigenvalue weighted by Crippen LogP contribution is 2.28. The molecule has 220 valence electrons. The van der Waals surface area contributed by atoms with Crippen molar-refractivity contribution >= 4 is 40.9 Å². The number of aryl methyl sites for hydroxylation is 1. The number of hydrogen-bond donors (Lipinski definition) is 3. The van der Waals surface area contributed by atoms with Gasteiger partial charge in [0.25, 0.3) is 5.92 Å². The number of halogens is 3. The van der Waals surface area contributed by atoms with Crippen molar-refractivity contribution in [2.24, 2.45) is 5.73 Å². The van der Waals surface area contributed by atoms with Gasteiger partial charge in [-0.2, -0.15) is 0 Å². The fourth-order valence-corrected chi connectivity index (χ4v) is 5.26. The van der Waals surface area contributed by atoms with Crippen LogP contribution >= 0.6 is 11.6 Å². The Morgan fingerprint density at radius 3 is 2.46 bits per heavy atom. The first-order chi connectivity index (χ1) is 19.5. The summed E-state index contributed by atoms with van der Waals surface area (Å²) in [5.74, 6) is -4.88. The fraction of sp³-hybridized carbons (Fsp3) is 0.448. The highest BCUT2D eigenvalue weighted by molar-refractivity contribution is 6.31. The van der Waals surface area contributed by atoms with Crippen LogP contribution in [-0.2, 0) is 32.1 Å². The third-order valence-corrected chi connectivity index (χ3v) is 7.88. The molecule has 0 aliphatic carbocycles. The number of nitrogens with one attached hydrogen (secondary N) is 2. The Hall–Kier alpha value is -3.57. The Labute approximate surface area is 242 Å². The zero-order valence-corrected chi connectivity index (χ0v) is 23.6. The maximum atomic E-state index is 13.6. The number of anilines is 1. The molecule has 0 unspecified atom stereocenters. The molecule has 2 atom stereocenters. The van der Waals surface area contributed by atoms with Crippen LogP contribution in [0.4, 0.5) is 14.5 Å². The number of benzene rings is 2. The Morgan fingerprint density at radius 2 is 1.80 bits per heavy atom. The van der Waals surface area contributed by atoms with Crippen molar-refractivity contribution in [3.63, 3.8) is 0 Å². The van der Waals surface area contributed by atoms with Crippen molar-refractivity contribution in [3.8, 4) is 0 Å². The Balaban J connectivity index is 1.46. The highest BCUT2D eigenvalue weighted by Gasteiger charge is 2.41. The van der Waals surface area contributed by atoms with E-state index in [0.717, 1.165) is 21.6 Å². The van der Waals surface area contributed by atoms with E-state index in [2.05, 4.69) is 10.6 Å². The number of amides is 4. The lowest BCUT2D eigenvalue weighted by molar-refractivity contribution is -0.144. The molecule has 0 aromatic heterocycles. The van der Waals surface area contributed by atoms with E-state index >= 15 is 0 Å². The van der Waals surface area contributed by atoms with E-state index in [1.54, 1.807) is 25.1 Å². The monoisotopic (exact) mass is 589 g/mol. The summed E-state index contributed by atoms with van der Waals surface area (Å²) in [4.78, 5) is 55.0. The van der Waals surface area contributed by atoms with Gasteiger partial charge in [-0.3, -0.25) is 19.2 Å².